The molecule has 0 bridgehead atoms. The summed E-state index contributed by atoms with van der Waals surface area (Å²) in [4.78, 5) is 18.8. The number of urea groups is 1. The van der Waals surface area contributed by atoms with Crippen LogP contribution in [0.2, 0.25) is 0 Å². The van der Waals surface area contributed by atoms with Crippen molar-refractivity contribution in [1.29, 1.82) is 0 Å². The van der Waals surface area contributed by atoms with Crippen LogP contribution in [-0.4, -0.2) is 16.0 Å². The number of anilines is 1. The van der Waals surface area contributed by atoms with Gasteiger partial charge in [0.05, 0.1) is 5.69 Å². The number of rotatable bonds is 2. The van der Waals surface area contributed by atoms with E-state index in [4.69, 9.17) is 5.73 Å². The van der Waals surface area contributed by atoms with Gasteiger partial charge in [0, 0.05) is 11.8 Å². The monoisotopic (exact) mass is 228 g/mol. The Kier molecular flexibility index (Phi) is 3.00. The number of carbonyl (C=O) groups is 1. The zero-order valence-corrected chi connectivity index (χ0v) is 9.34. The number of amides is 2. The SMILES string of the molecule is Cc1ccc(-c2ccnc(NC(N)=O)n2)cc1. The van der Waals surface area contributed by atoms with Gasteiger partial charge < -0.3 is 5.73 Å². The van der Waals surface area contributed by atoms with Gasteiger partial charge in [0.15, 0.2) is 0 Å². The third-order valence-corrected chi connectivity index (χ3v) is 2.24. The molecule has 2 amide bonds. The lowest BCUT2D eigenvalue weighted by Crippen LogP contribution is -2.20. The molecule has 0 atom stereocenters. The van der Waals surface area contributed by atoms with E-state index in [-0.39, 0.29) is 5.95 Å². The molecule has 0 radical (unpaired) electrons. The number of aromatic nitrogens is 2. The summed E-state index contributed by atoms with van der Waals surface area (Å²) in [6.07, 6.45) is 1.58. The van der Waals surface area contributed by atoms with Crippen LogP contribution in [0.4, 0.5) is 10.7 Å². The average Bonchev–Trinajstić information content (AvgIpc) is 2.29. The van der Waals surface area contributed by atoms with Gasteiger partial charge in [0.1, 0.15) is 0 Å². The predicted molar refractivity (Wildman–Crippen MR) is 65.4 cm³/mol. The van der Waals surface area contributed by atoms with Crippen LogP contribution in [0, 0.1) is 6.92 Å². The third-order valence-electron chi connectivity index (χ3n) is 2.24. The van der Waals surface area contributed by atoms with Gasteiger partial charge in [-0.3, -0.25) is 5.32 Å². The molecule has 1 aromatic carbocycles. The van der Waals surface area contributed by atoms with E-state index >= 15 is 0 Å². The van der Waals surface area contributed by atoms with E-state index in [1.165, 1.54) is 5.56 Å². The molecule has 0 aliphatic rings. The molecule has 17 heavy (non-hydrogen) atoms. The number of nitrogens with zero attached hydrogens (tertiary/aromatic N) is 2. The highest BCUT2D eigenvalue weighted by molar-refractivity contribution is 5.85. The Labute approximate surface area is 98.7 Å². The fourth-order valence-corrected chi connectivity index (χ4v) is 1.41. The molecule has 0 aliphatic carbocycles. The Balaban J connectivity index is 2.32. The van der Waals surface area contributed by atoms with Crippen LogP contribution in [0.5, 0.6) is 0 Å². The first-order valence-electron chi connectivity index (χ1n) is 5.12. The number of benzene rings is 1. The molecule has 86 valence electrons. The molecule has 0 aliphatic heterocycles. The topological polar surface area (TPSA) is 80.9 Å². The van der Waals surface area contributed by atoms with E-state index in [1.54, 1.807) is 12.3 Å². The van der Waals surface area contributed by atoms with E-state index in [9.17, 15) is 4.79 Å². The molecule has 3 N–H and O–H groups in total. The Bertz CT molecular complexity index is 536. The maximum Gasteiger partial charge on any atom is 0.319 e. The number of nitrogens with one attached hydrogen (secondary N) is 1. The van der Waals surface area contributed by atoms with Crippen molar-refractivity contribution in [2.45, 2.75) is 6.92 Å². The summed E-state index contributed by atoms with van der Waals surface area (Å²) >= 11 is 0. The minimum absolute atomic E-state index is 0.204. The highest BCUT2D eigenvalue weighted by Crippen LogP contribution is 2.17. The second-order valence-corrected chi connectivity index (χ2v) is 3.62. The normalized spacial score (nSPS) is 9.94. The smallest absolute Gasteiger partial charge is 0.319 e. The molecule has 5 nitrogen and oxygen atoms in total. The lowest BCUT2D eigenvalue weighted by molar-refractivity contribution is 0.259. The molecule has 1 heterocycles. The number of primary amides is 1. The fourth-order valence-electron chi connectivity index (χ4n) is 1.41. The molecule has 2 aromatic rings. The number of carbonyl (C=O) groups excluding carboxylic acids is 1. The van der Waals surface area contributed by atoms with Gasteiger partial charge in [-0.25, -0.2) is 14.8 Å². The first kappa shape index (κ1) is 11.1. The van der Waals surface area contributed by atoms with Crippen LogP contribution in [0.25, 0.3) is 11.3 Å². The standard InChI is InChI=1S/C12H12N4O/c1-8-2-4-9(5-3-8)10-6-7-14-12(15-10)16-11(13)17/h2-7H,1H3,(H3,13,14,15,16,17). The molecule has 0 spiro atoms. The van der Waals surface area contributed by atoms with Crippen molar-refractivity contribution in [2.24, 2.45) is 5.73 Å². The number of hydrogen-bond donors (Lipinski definition) is 2. The van der Waals surface area contributed by atoms with E-state index in [1.807, 2.05) is 31.2 Å². The highest BCUT2D eigenvalue weighted by Gasteiger charge is 2.03. The van der Waals surface area contributed by atoms with Crippen molar-refractivity contribution in [2.75, 3.05) is 5.32 Å². The molecular weight excluding hydrogens is 216 g/mol. The largest absolute Gasteiger partial charge is 0.351 e. The molecule has 0 saturated heterocycles. The van der Waals surface area contributed by atoms with Gasteiger partial charge in [0.25, 0.3) is 0 Å². The molecule has 0 unspecified atom stereocenters. The lowest BCUT2D eigenvalue weighted by atomic mass is 10.1. The van der Waals surface area contributed by atoms with Crippen molar-refractivity contribution < 1.29 is 4.79 Å². The summed E-state index contributed by atoms with van der Waals surface area (Å²) in [5.41, 5.74) is 7.89. The van der Waals surface area contributed by atoms with Crippen molar-refractivity contribution in [3.05, 3.63) is 42.1 Å². The zero-order chi connectivity index (χ0) is 12.3. The van der Waals surface area contributed by atoms with Crippen molar-refractivity contribution in [3.8, 4) is 11.3 Å². The van der Waals surface area contributed by atoms with E-state index < -0.39 is 6.03 Å². The molecule has 0 fully saturated rings. The molecule has 5 heteroatoms. The minimum atomic E-state index is -0.675. The maximum absolute atomic E-state index is 10.7. The number of nitrogens with two attached hydrogens (primary N) is 1. The number of hydrogen-bond acceptors (Lipinski definition) is 3. The van der Waals surface area contributed by atoms with Crippen molar-refractivity contribution in [3.63, 3.8) is 0 Å². The van der Waals surface area contributed by atoms with Crippen molar-refractivity contribution >= 4 is 12.0 Å². The molecule has 0 saturated carbocycles. The van der Waals surface area contributed by atoms with Crippen LogP contribution >= 0.6 is 0 Å². The van der Waals surface area contributed by atoms with Gasteiger partial charge in [-0.1, -0.05) is 29.8 Å². The number of aryl methyl sites for hydroxylation is 1. The fraction of sp³-hybridized carbons (Fsp3) is 0.0833. The van der Waals surface area contributed by atoms with E-state index in [2.05, 4.69) is 15.3 Å². The zero-order valence-electron chi connectivity index (χ0n) is 9.34. The van der Waals surface area contributed by atoms with Crippen LogP contribution < -0.4 is 11.1 Å². The summed E-state index contributed by atoms with van der Waals surface area (Å²) in [5, 5.41) is 2.34. The lowest BCUT2D eigenvalue weighted by Gasteiger charge is -2.04. The van der Waals surface area contributed by atoms with Crippen molar-refractivity contribution in [1.82, 2.24) is 9.97 Å². The highest BCUT2D eigenvalue weighted by atomic mass is 16.2. The maximum atomic E-state index is 10.7. The van der Waals surface area contributed by atoms with Gasteiger partial charge in [-0.2, -0.15) is 0 Å². The van der Waals surface area contributed by atoms with Crippen LogP contribution in [-0.2, 0) is 0 Å². The summed E-state index contributed by atoms with van der Waals surface area (Å²) < 4.78 is 0. The summed E-state index contributed by atoms with van der Waals surface area (Å²) in [7, 11) is 0. The third kappa shape index (κ3) is 2.78. The summed E-state index contributed by atoms with van der Waals surface area (Å²) in [5.74, 6) is 0.204. The first-order chi connectivity index (χ1) is 8.15. The Morgan fingerprint density at radius 1 is 1.24 bits per heavy atom. The van der Waals surface area contributed by atoms with Crippen LogP contribution in [0.3, 0.4) is 0 Å². The second kappa shape index (κ2) is 4.61. The summed E-state index contributed by atoms with van der Waals surface area (Å²) in [6, 6.07) is 9.02. The Morgan fingerprint density at radius 2 is 1.94 bits per heavy atom. The Hall–Kier alpha value is -2.43. The van der Waals surface area contributed by atoms with Crippen LogP contribution in [0.1, 0.15) is 5.56 Å². The average molecular weight is 228 g/mol. The van der Waals surface area contributed by atoms with E-state index in [0.29, 0.717) is 0 Å². The minimum Gasteiger partial charge on any atom is -0.351 e. The quantitative estimate of drug-likeness (QED) is 0.824. The second-order valence-electron chi connectivity index (χ2n) is 3.62. The van der Waals surface area contributed by atoms with Gasteiger partial charge in [-0.05, 0) is 13.0 Å². The van der Waals surface area contributed by atoms with E-state index in [0.717, 1.165) is 11.3 Å². The first-order valence-corrected chi connectivity index (χ1v) is 5.12. The molecule has 1 aromatic heterocycles. The predicted octanol–water partition coefficient (Wildman–Crippen LogP) is 1.94. The molecule has 2 rings (SSSR count). The summed E-state index contributed by atoms with van der Waals surface area (Å²) in [6.45, 7) is 2.02. The Morgan fingerprint density at radius 3 is 2.59 bits per heavy atom. The van der Waals surface area contributed by atoms with Gasteiger partial charge >= 0.3 is 6.03 Å². The van der Waals surface area contributed by atoms with Crippen LogP contribution in [0.15, 0.2) is 36.5 Å². The molecular formula is C12H12N4O. The van der Waals surface area contributed by atoms with Gasteiger partial charge in [-0.15, -0.1) is 0 Å². The van der Waals surface area contributed by atoms with Gasteiger partial charge in [0.2, 0.25) is 5.95 Å².